The summed E-state index contributed by atoms with van der Waals surface area (Å²) in [6, 6.07) is 1.97. The molecule has 5 nitrogen and oxygen atoms in total. The van der Waals surface area contributed by atoms with Crippen LogP contribution in [0.1, 0.15) is 32.4 Å². The van der Waals surface area contributed by atoms with Crippen molar-refractivity contribution in [2.24, 2.45) is 0 Å². The molecule has 0 atom stereocenters. The molecule has 0 radical (unpaired) electrons. The molecule has 0 unspecified atom stereocenters. The average Bonchev–Trinajstić information content (AvgIpc) is 2.89. The van der Waals surface area contributed by atoms with Gasteiger partial charge in [-0.2, -0.15) is 5.10 Å². The molecule has 0 aliphatic carbocycles. The van der Waals surface area contributed by atoms with Crippen molar-refractivity contribution in [3.05, 3.63) is 21.5 Å². The zero-order chi connectivity index (χ0) is 14.5. The fourth-order valence-corrected chi connectivity index (χ4v) is 2.38. The number of anilines is 1. The monoisotopic (exact) mass is 385 g/mol. The zero-order valence-corrected chi connectivity index (χ0v) is 14.3. The predicted molar refractivity (Wildman–Crippen MR) is 89.8 cm³/mol. The molecule has 2 heterocycles. The van der Waals surface area contributed by atoms with Crippen LogP contribution in [-0.4, -0.2) is 26.3 Å². The Labute approximate surface area is 133 Å². The van der Waals surface area contributed by atoms with Gasteiger partial charge >= 0.3 is 0 Å². The van der Waals surface area contributed by atoms with Crippen LogP contribution in [-0.2, 0) is 6.54 Å². The van der Waals surface area contributed by atoms with E-state index in [0.29, 0.717) is 0 Å². The summed E-state index contributed by atoms with van der Waals surface area (Å²) in [6.45, 7) is 8.10. The molecule has 2 rings (SSSR count). The second-order valence-electron chi connectivity index (χ2n) is 4.66. The fourth-order valence-electron chi connectivity index (χ4n) is 1.95. The van der Waals surface area contributed by atoms with Crippen molar-refractivity contribution in [1.82, 2.24) is 19.7 Å². The molecular weight excluding hydrogens is 365 g/mol. The van der Waals surface area contributed by atoms with Gasteiger partial charge in [-0.1, -0.05) is 13.8 Å². The Balaban J connectivity index is 2.41. The molecule has 108 valence electrons. The highest BCUT2D eigenvalue weighted by Gasteiger charge is 2.13. The summed E-state index contributed by atoms with van der Waals surface area (Å²) < 4.78 is 3.05. The van der Waals surface area contributed by atoms with Crippen LogP contribution in [0.4, 0.5) is 5.82 Å². The van der Waals surface area contributed by atoms with E-state index in [2.05, 4.69) is 56.8 Å². The lowest BCUT2D eigenvalue weighted by Gasteiger charge is -2.11. The first-order valence-corrected chi connectivity index (χ1v) is 8.05. The van der Waals surface area contributed by atoms with E-state index in [1.807, 2.05) is 17.7 Å². The topological polar surface area (TPSA) is 55.6 Å². The Morgan fingerprint density at radius 2 is 2.05 bits per heavy atom. The minimum absolute atomic E-state index is 0.743. The molecule has 0 aliphatic heterocycles. The number of halogens is 1. The van der Waals surface area contributed by atoms with Crippen molar-refractivity contribution >= 4 is 28.4 Å². The van der Waals surface area contributed by atoms with Crippen molar-refractivity contribution < 1.29 is 0 Å². The largest absolute Gasteiger partial charge is 0.369 e. The van der Waals surface area contributed by atoms with E-state index < -0.39 is 0 Å². The van der Waals surface area contributed by atoms with Gasteiger partial charge in [-0.25, -0.2) is 9.97 Å². The molecule has 0 aromatic carbocycles. The first-order chi connectivity index (χ1) is 9.67. The molecule has 0 fully saturated rings. The SMILES string of the molecule is CCCNc1nc(-c2ccnn2CCC)nc(C)c1I. The fraction of sp³-hybridized carbons (Fsp3) is 0.500. The summed E-state index contributed by atoms with van der Waals surface area (Å²) >= 11 is 2.29. The van der Waals surface area contributed by atoms with E-state index >= 15 is 0 Å². The number of rotatable bonds is 6. The van der Waals surface area contributed by atoms with Crippen LogP contribution in [0.5, 0.6) is 0 Å². The minimum Gasteiger partial charge on any atom is -0.369 e. The normalized spacial score (nSPS) is 10.8. The van der Waals surface area contributed by atoms with Crippen LogP contribution in [0.25, 0.3) is 11.5 Å². The van der Waals surface area contributed by atoms with Gasteiger partial charge in [-0.3, -0.25) is 4.68 Å². The summed E-state index contributed by atoms with van der Waals surface area (Å²) in [4.78, 5) is 9.27. The molecule has 2 aromatic heterocycles. The van der Waals surface area contributed by atoms with Crippen LogP contribution in [0.15, 0.2) is 12.3 Å². The maximum Gasteiger partial charge on any atom is 0.180 e. The number of nitrogens with zero attached hydrogens (tertiary/aromatic N) is 4. The van der Waals surface area contributed by atoms with Crippen LogP contribution in [0.2, 0.25) is 0 Å². The van der Waals surface area contributed by atoms with E-state index in [1.54, 1.807) is 6.20 Å². The Kier molecular flexibility index (Phi) is 5.33. The molecule has 1 N–H and O–H groups in total. The summed E-state index contributed by atoms with van der Waals surface area (Å²) in [6.07, 6.45) is 3.92. The van der Waals surface area contributed by atoms with E-state index in [-0.39, 0.29) is 0 Å². The Bertz CT molecular complexity index is 579. The number of aryl methyl sites for hydroxylation is 2. The Morgan fingerprint density at radius 1 is 1.25 bits per heavy atom. The van der Waals surface area contributed by atoms with Crippen LogP contribution in [0, 0.1) is 10.5 Å². The molecule has 6 heteroatoms. The highest BCUT2D eigenvalue weighted by molar-refractivity contribution is 14.1. The van der Waals surface area contributed by atoms with Gasteiger partial charge in [0.05, 0.1) is 9.26 Å². The predicted octanol–water partition coefficient (Wildman–Crippen LogP) is 3.49. The molecule has 0 spiro atoms. The van der Waals surface area contributed by atoms with E-state index in [9.17, 15) is 0 Å². The Hall–Kier alpha value is -1.18. The summed E-state index contributed by atoms with van der Waals surface area (Å²) in [5, 5.41) is 7.71. The molecule has 0 bridgehead atoms. The maximum absolute atomic E-state index is 4.67. The third kappa shape index (κ3) is 3.28. The standard InChI is InChI=1S/C14H20IN5/c1-4-7-16-14-12(15)10(3)18-13(19-14)11-6-8-17-20(11)9-5-2/h6,8H,4-5,7,9H2,1-3H3,(H,16,18,19). The summed E-state index contributed by atoms with van der Waals surface area (Å²) in [7, 11) is 0. The summed E-state index contributed by atoms with van der Waals surface area (Å²) in [5.74, 6) is 1.66. The third-order valence-corrected chi connectivity index (χ3v) is 4.23. The number of hydrogen-bond donors (Lipinski definition) is 1. The van der Waals surface area contributed by atoms with Crippen LogP contribution < -0.4 is 5.32 Å². The summed E-state index contributed by atoms with van der Waals surface area (Å²) in [5.41, 5.74) is 1.98. The lowest BCUT2D eigenvalue weighted by atomic mass is 10.3. The third-order valence-electron chi connectivity index (χ3n) is 2.94. The van der Waals surface area contributed by atoms with Crippen molar-refractivity contribution in [3.63, 3.8) is 0 Å². The first-order valence-electron chi connectivity index (χ1n) is 6.97. The molecule has 0 amide bonds. The first kappa shape index (κ1) is 15.2. The average molecular weight is 385 g/mol. The quantitative estimate of drug-likeness (QED) is 0.774. The second kappa shape index (κ2) is 7.01. The second-order valence-corrected chi connectivity index (χ2v) is 5.74. The highest BCUT2D eigenvalue weighted by atomic mass is 127. The molecule has 2 aromatic rings. The minimum atomic E-state index is 0.743. The molecule has 0 saturated carbocycles. The van der Waals surface area contributed by atoms with Crippen molar-refractivity contribution in [2.45, 2.75) is 40.2 Å². The van der Waals surface area contributed by atoms with Crippen LogP contribution >= 0.6 is 22.6 Å². The van der Waals surface area contributed by atoms with Crippen molar-refractivity contribution in [1.29, 1.82) is 0 Å². The van der Waals surface area contributed by atoms with E-state index in [0.717, 1.165) is 52.5 Å². The van der Waals surface area contributed by atoms with E-state index in [1.165, 1.54) is 0 Å². The number of hydrogen-bond acceptors (Lipinski definition) is 4. The van der Waals surface area contributed by atoms with Gasteiger partial charge in [0, 0.05) is 19.3 Å². The molecule has 20 heavy (non-hydrogen) atoms. The maximum atomic E-state index is 4.67. The lowest BCUT2D eigenvalue weighted by Crippen LogP contribution is -2.09. The van der Waals surface area contributed by atoms with Crippen molar-refractivity contribution in [3.8, 4) is 11.5 Å². The highest BCUT2D eigenvalue weighted by Crippen LogP contribution is 2.23. The van der Waals surface area contributed by atoms with Gasteiger partial charge in [-0.05, 0) is 48.4 Å². The van der Waals surface area contributed by atoms with Gasteiger partial charge in [0.15, 0.2) is 5.82 Å². The Morgan fingerprint density at radius 3 is 2.75 bits per heavy atom. The van der Waals surface area contributed by atoms with Gasteiger partial charge in [-0.15, -0.1) is 0 Å². The van der Waals surface area contributed by atoms with Gasteiger partial charge in [0.2, 0.25) is 0 Å². The lowest BCUT2D eigenvalue weighted by molar-refractivity contribution is 0.606. The zero-order valence-electron chi connectivity index (χ0n) is 12.1. The molecule has 0 saturated heterocycles. The van der Waals surface area contributed by atoms with Crippen LogP contribution in [0.3, 0.4) is 0 Å². The van der Waals surface area contributed by atoms with Gasteiger partial charge in [0.1, 0.15) is 11.5 Å². The smallest absolute Gasteiger partial charge is 0.180 e. The van der Waals surface area contributed by atoms with Gasteiger partial charge in [0.25, 0.3) is 0 Å². The van der Waals surface area contributed by atoms with Crippen molar-refractivity contribution in [2.75, 3.05) is 11.9 Å². The molecular formula is C14H20IN5. The molecule has 0 aliphatic rings. The number of nitrogens with one attached hydrogen (secondary N) is 1. The van der Waals surface area contributed by atoms with Gasteiger partial charge < -0.3 is 5.32 Å². The number of aromatic nitrogens is 4. The van der Waals surface area contributed by atoms with E-state index in [4.69, 9.17) is 0 Å².